The average Bonchev–Trinajstić information content (AvgIpc) is 2.65. The number of Topliss-reactive ketones (excluding diaryl/α,β-unsaturated/α-hetero) is 2. The van der Waals surface area contributed by atoms with E-state index < -0.39 is 29.6 Å². The van der Waals surface area contributed by atoms with Gasteiger partial charge in [0, 0.05) is 18.4 Å². The molecule has 0 saturated heterocycles. The van der Waals surface area contributed by atoms with E-state index in [4.69, 9.17) is 14.2 Å². The van der Waals surface area contributed by atoms with Crippen molar-refractivity contribution in [2.24, 2.45) is 0 Å². The Morgan fingerprint density at radius 2 is 1.50 bits per heavy atom. The summed E-state index contributed by atoms with van der Waals surface area (Å²) in [5.74, 6) is -4.31. The standard InChI is InChI=1S/C20H14O8/c21-9-4-5-13-18-16(9)11(23)7-15(25)20(18)26-12-3-1-2-8-10(22)6-14(24)19(27-13,28-20)17(8)12/h1-5,14-15,21,24-25H,6-7H2/t14-,15-,19-,20-/m1/s1. The van der Waals surface area contributed by atoms with Crippen LogP contribution in [-0.4, -0.2) is 39.1 Å². The fraction of sp³-hybridized carbons (Fsp3) is 0.300. The highest BCUT2D eigenvalue weighted by Gasteiger charge is 2.68. The summed E-state index contributed by atoms with van der Waals surface area (Å²) in [6, 6.07) is 7.55. The molecule has 4 aliphatic rings. The van der Waals surface area contributed by atoms with Crippen molar-refractivity contribution in [3.63, 3.8) is 0 Å². The van der Waals surface area contributed by atoms with Gasteiger partial charge >= 0.3 is 0 Å². The Labute approximate surface area is 157 Å². The van der Waals surface area contributed by atoms with Gasteiger partial charge in [-0.15, -0.1) is 0 Å². The van der Waals surface area contributed by atoms with E-state index in [9.17, 15) is 24.9 Å². The summed E-state index contributed by atoms with van der Waals surface area (Å²) in [4.78, 5) is 24.9. The zero-order valence-corrected chi connectivity index (χ0v) is 14.3. The molecule has 2 aromatic carbocycles. The molecule has 8 nitrogen and oxygen atoms in total. The number of aliphatic hydroxyl groups is 2. The Hall–Kier alpha value is -2.94. The Bertz CT molecular complexity index is 1110. The van der Waals surface area contributed by atoms with Crippen LogP contribution in [0.2, 0.25) is 0 Å². The minimum absolute atomic E-state index is 0.0429. The van der Waals surface area contributed by atoms with Gasteiger partial charge in [-0.2, -0.15) is 0 Å². The van der Waals surface area contributed by atoms with Crippen LogP contribution in [0.3, 0.4) is 0 Å². The van der Waals surface area contributed by atoms with Gasteiger partial charge in [-0.05, 0) is 18.2 Å². The average molecular weight is 382 g/mol. The number of ketones is 2. The lowest BCUT2D eigenvalue weighted by molar-refractivity contribution is -0.404. The molecule has 142 valence electrons. The highest BCUT2D eigenvalue weighted by Crippen LogP contribution is 2.61. The number of hydrogen-bond donors (Lipinski definition) is 3. The van der Waals surface area contributed by atoms with Crippen LogP contribution in [0.5, 0.6) is 17.2 Å². The van der Waals surface area contributed by atoms with E-state index in [0.717, 1.165) is 0 Å². The fourth-order valence-electron chi connectivity index (χ4n) is 4.73. The van der Waals surface area contributed by atoms with Gasteiger partial charge in [0.1, 0.15) is 29.5 Å². The molecule has 0 unspecified atom stereocenters. The summed E-state index contributed by atoms with van der Waals surface area (Å²) in [5, 5.41) is 31.9. The number of phenolic OH excluding ortho intramolecular Hbond substituents is 1. The van der Waals surface area contributed by atoms with Crippen LogP contribution in [-0.2, 0) is 16.3 Å². The Balaban J connectivity index is 1.73. The molecule has 2 aromatic rings. The molecule has 0 amide bonds. The molecular weight excluding hydrogens is 368 g/mol. The lowest BCUT2D eigenvalue weighted by atomic mass is 9.76. The third kappa shape index (κ3) is 1.59. The molecule has 0 aromatic heterocycles. The number of phenols is 1. The van der Waals surface area contributed by atoms with Crippen LogP contribution in [0, 0.1) is 0 Å². The molecule has 2 spiro atoms. The van der Waals surface area contributed by atoms with E-state index in [0.29, 0.717) is 5.56 Å². The van der Waals surface area contributed by atoms with Gasteiger partial charge in [-0.25, -0.2) is 0 Å². The van der Waals surface area contributed by atoms with Crippen molar-refractivity contribution in [3.05, 3.63) is 52.6 Å². The second-order valence-corrected chi connectivity index (χ2v) is 7.44. The number of hydrogen-bond acceptors (Lipinski definition) is 8. The molecule has 3 N–H and O–H groups in total. The first kappa shape index (κ1) is 16.1. The molecule has 2 aliphatic carbocycles. The molecule has 0 fully saturated rings. The van der Waals surface area contributed by atoms with Crippen LogP contribution >= 0.6 is 0 Å². The SMILES string of the molecule is O=C1C[C@@H](O)[C@]23Oc4ccc(O)c5c4[C@](Oc4cccc1c42)(O3)[C@H](O)CC5=O. The third-order valence-electron chi connectivity index (χ3n) is 5.91. The smallest absolute Gasteiger partial charge is 0.271 e. The highest BCUT2D eigenvalue weighted by molar-refractivity contribution is 6.03. The van der Waals surface area contributed by atoms with Crippen LogP contribution < -0.4 is 9.47 Å². The molecule has 28 heavy (non-hydrogen) atoms. The van der Waals surface area contributed by atoms with Crippen molar-refractivity contribution in [1.29, 1.82) is 0 Å². The Kier molecular flexibility index (Phi) is 2.71. The zero-order valence-electron chi connectivity index (χ0n) is 14.3. The van der Waals surface area contributed by atoms with Gasteiger partial charge in [0.15, 0.2) is 11.6 Å². The number of carbonyl (C=O) groups excluding carboxylic acids is 2. The van der Waals surface area contributed by atoms with Crippen molar-refractivity contribution in [2.75, 3.05) is 0 Å². The van der Waals surface area contributed by atoms with Crippen molar-refractivity contribution in [1.82, 2.24) is 0 Å². The minimum Gasteiger partial charge on any atom is -0.507 e. The Morgan fingerprint density at radius 1 is 0.857 bits per heavy atom. The number of aliphatic hydroxyl groups excluding tert-OH is 2. The topological polar surface area (TPSA) is 123 Å². The molecule has 6 rings (SSSR count). The minimum atomic E-state index is -1.86. The maximum Gasteiger partial charge on any atom is 0.271 e. The third-order valence-corrected chi connectivity index (χ3v) is 5.91. The molecule has 8 heteroatoms. The van der Waals surface area contributed by atoms with E-state index in [1.807, 2.05) is 0 Å². The van der Waals surface area contributed by atoms with Gasteiger partial charge in [0.05, 0.1) is 16.7 Å². The maximum absolute atomic E-state index is 12.5. The summed E-state index contributed by atoms with van der Waals surface area (Å²) in [7, 11) is 0. The van der Waals surface area contributed by atoms with Crippen molar-refractivity contribution in [2.45, 2.75) is 36.6 Å². The van der Waals surface area contributed by atoms with Gasteiger partial charge in [-0.3, -0.25) is 14.3 Å². The lowest BCUT2D eigenvalue weighted by Crippen LogP contribution is -2.67. The van der Waals surface area contributed by atoms with E-state index in [1.165, 1.54) is 12.1 Å². The normalized spacial score (nSPS) is 34.1. The second kappa shape index (κ2) is 4.72. The number of rotatable bonds is 0. The molecule has 2 heterocycles. The van der Waals surface area contributed by atoms with Gasteiger partial charge in [-0.1, -0.05) is 12.1 Å². The highest BCUT2D eigenvalue weighted by atomic mass is 16.8. The first-order chi connectivity index (χ1) is 13.4. The molecular formula is C20H14O8. The zero-order chi connectivity index (χ0) is 19.4. The van der Waals surface area contributed by atoms with Crippen LogP contribution in [0.4, 0.5) is 0 Å². The summed E-state index contributed by atoms with van der Waals surface area (Å²) < 4.78 is 18.3. The van der Waals surface area contributed by atoms with Crippen LogP contribution in [0.15, 0.2) is 30.3 Å². The van der Waals surface area contributed by atoms with E-state index in [2.05, 4.69) is 0 Å². The number of carbonyl (C=O) groups is 2. The monoisotopic (exact) mass is 382 g/mol. The van der Waals surface area contributed by atoms with Crippen LogP contribution in [0.1, 0.15) is 44.7 Å². The van der Waals surface area contributed by atoms with Crippen molar-refractivity contribution in [3.8, 4) is 17.2 Å². The lowest BCUT2D eigenvalue weighted by Gasteiger charge is -2.57. The molecule has 0 radical (unpaired) electrons. The predicted molar refractivity (Wildman–Crippen MR) is 90.2 cm³/mol. The maximum atomic E-state index is 12.5. The van der Waals surface area contributed by atoms with E-state index >= 15 is 0 Å². The summed E-state index contributed by atoms with van der Waals surface area (Å²) in [6.07, 6.45) is -3.34. The molecule has 2 bridgehead atoms. The predicted octanol–water partition coefficient (Wildman–Crippen LogP) is 1.09. The summed E-state index contributed by atoms with van der Waals surface area (Å²) in [5.41, 5.74) is 0.607. The number of ether oxygens (including phenoxy) is 3. The quantitative estimate of drug-likeness (QED) is 0.619. The van der Waals surface area contributed by atoms with Gasteiger partial charge < -0.3 is 24.8 Å². The fourth-order valence-corrected chi connectivity index (χ4v) is 4.73. The second-order valence-electron chi connectivity index (χ2n) is 7.44. The largest absolute Gasteiger partial charge is 0.507 e. The summed E-state index contributed by atoms with van der Waals surface area (Å²) in [6.45, 7) is 0. The molecule has 0 saturated carbocycles. The van der Waals surface area contributed by atoms with Crippen molar-refractivity contribution < 1.29 is 39.1 Å². The molecule has 4 atom stereocenters. The van der Waals surface area contributed by atoms with Gasteiger partial charge in [0.25, 0.3) is 11.6 Å². The number of aromatic hydroxyl groups is 1. The molecule has 2 aliphatic heterocycles. The summed E-state index contributed by atoms with van der Waals surface area (Å²) >= 11 is 0. The van der Waals surface area contributed by atoms with Crippen LogP contribution in [0.25, 0.3) is 0 Å². The number of benzene rings is 2. The van der Waals surface area contributed by atoms with Gasteiger partial charge in [0.2, 0.25) is 0 Å². The van der Waals surface area contributed by atoms with Crippen molar-refractivity contribution >= 4 is 11.6 Å². The van der Waals surface area contributed by atoms with E-state index in [-0.39, 0.29) is 52.6 Å². The Morgan fingerprint density at radius 3 is 2.25 bits per heavy atom. The van der Waals surface area contributed by atoms with E-state index in [1.54, 1.807) is 18.2 Å². The first-order valence-electron chi connectivity index (χ1n) is 8.88. The first-order valence-corrected chi connectivity index (χ1v) is 8.88.